The SMILES string of the molecule is Cc1c(C(=O)O)ccc2c1CC[C@@H]2NC(=O)c1cc(C(=O)NC2CCCCC2)nc2c(C(=O)Cc3ccccc3Cl)cnn12. The lowest BCUT2D eigenvalue weighted by Gasteiger charge is -2.22. The van der Waals surface area contributed by atoms with Crippen molar-refractivity contribution >= 4 is 40.8 Å². The lowest BCUT2D eigenvalue weighted by molar-refractivity contribution is 0.0695. The minimum absolute atomic E-state index is 0.000719. The maximum atomic E-state index is 13.8. The van der Waals surface area contributed by atoms with Crippen LogP contribution in [-0.2, 0) is 12.8 Å². The highest BCUT2D eigenvalue weighted by Gasteiger charge is 2.30. The van der Waals surface area contributed by atoms with Crippen LogP contribution in [0.2, 0.25) is 5.02 Å². The lowest BCUT2D eigenvalue weighted by atomic mass is 9.95. The Balaban J connectivity index is 1.35. The fourth-order valence-corrected chi connectivity index (χ4v) is 6.55. The van der Waals surface area contributed by atoms with Crippen LogP contribution in [-0.4, -0.2) is 49.3 Å². The van der Waals surface area contributed by atoms with E-state index in [9.17, 15) is 24.3 Å². The van der Waals surface area contributed by atoms with E-state index in [1.165, 1.54) is 16.8 Å². The number of hydrogen-bond acceptors (Lipinski definition) is 6. The fourth-order valence-electron chi connectivity index (χ4n) is 6.35. The van der Waals surface area contributed by atoms with Crippen LogP contribution < -0.4 is 10.6 Å². The molecule has 2 aromatic heterocycles. The van der Waals surface area contributed by atoms with Gasteiger partial charge in [-0.3, -0.25) is 14.4 Å². The maximum absolute atomic E-state index is 13.8. The van der Waals surface area contributed by atoms with Crippen LogP contribution >= 0.6 is 11.6 Å². The predicted molar refractivity (Wildman–Crippen MR) is 163 cm³/mol. The van der Waals surface area contributed by atoms with Gasteiger partial charge in [0.15, 0.2) is 11.4 Å². The molecule has 0 aliphatic heterocycles. The van der Waals surface area contributed by atoms with E-state index in [2.05, 4.69) is 20.7 Å². The van der Waals surface area contributed by atoms with Crippen LogP contribution in [0.5, 0.6) is 0 Å². The average Bonchev–Trinajstić information content (AvgIpc) is 3.63. The Morgan fingerprint density at radius 2 is 1.75 bits per heavy atom. The molecule has 11 heteroatoms. The number of benzene rings is 2. The number of amides is 2. The number of carbonyl (C=O) groups is 4. The molecule has 2 aliphatic rings. The first-order chi connectivity index (χ1) is 21.2. The normalized spacial score (nSPS) is 16.5. The van der Waals surface area contributed by atoms with Crippen molar-refractivity contribution in [2.24, 2.45) is 0 Å². The number of carboxylic acids is 1. The Morgan fingerprint density at radius 3 is 2.50 bits per heavy atom. The number of ketones is 1. The average molecular weight is 614 g/mol. The van der Waals surface area contributed by atoms with Gasteiger partial charge in [0.25, 0.3) is 11.8 Å². The number of hydrogen-bond donors (Lipinski definition) is 3. The number of aromatic carboxylic acids is 1. The number of rotatable bonds is 8. The Kier molecular flexibility index (Phi) is 8.18. The van der Waals surface area contributed by atoms with Gasteiger partial charge < -0.3 is 15.7 Å². The molecule has 2 amide bonds. The summed E-state index contributed by atoms with van der Waals surface area (Å²) in [6.07, 6.45) is 7.53. The Bertz CT molecular complexity index is 1810. The van der Waals surface area contributed by atoms with Crippen molar-refractivity contribution in [2.45, 2.75) is 70.4 Å². The van der Waals surface area contributed by atoms with Gasteiger partial charge in [-0.1, -0.05) is 55.1 Å². The van der Waals surface area contributed by atoms with Crippen molar-refractivity contribution in [3.05, 3.63) is 98.5 Å². The molecule has 2 heterocycles. The summed E-state index contributed by atoms with van der Waals surface area (Å²) >= 11 is 6.30. The highest BCUT2D eigenvalue weighted by molar-refractivity contribution is 6.31. The van der Waals surface area contributed by atoms with E-state index in [1.807, 2.05) is 0 Å². The molecule has 226 valence electrons. The van der Waals surface area contributed by atoms with Crippen molar-refractivity contribution in [1.29, 1.82) is 0 Å². The molecule has 1 fully saturated rings. The van der Waals surface area contributed by atoms with Gasteiger partial charge in [-0.2, -0.15) is 5.10 Å². The molecule has 0 bridgehead atoms. The third-order valence-electron chi connectivity index (χ3n) is 8.72. The van der Waals surface area contributed by atoms with Crippen molar-refractivity contribution in [1.82, 2.24) is 25.2 Å². The van der Waals surface area contributed by atoms with Gasteiger partial charge in [0.05, 0.1) is 23.4 Å². The number of carbonyl (C=O) groups excluding carboxylic acids is 3. The lowest BCUT2D eigenvalue weighted by Crippen LogP contribution is -2.37. The van der Waals surface area contributed by atoms with Crippen LogP contribution in [0.15, 0.2) is 48.7 Å². The van der Waals surface area contributed by atoms with E-state index in [0.29, 0.717) is 29.0 Å². The van der Waals surface area contributed by atoms with Gasteiger partial charge in [0.1, 0.15) is 11.4 Å². The van der Waals surface area contributed by atoms with Crippen molar-refractivity contribution < 1.29 is 24.3 Å². The zero-order valence-corrected chi connectivity index (χ0v) is 25.0. The van der Waals surface area contributed by atoms with Gasteiger partial charge in [-0.15, -0.1) is 0 Å². The first-order valence-electron chi connectivity index (χ1n) is 14.8. The Labute approximate surface area is 258 Å². The molecule has 2 aliphatic carbocycles. The summed E-state index contributed by atoms with van der Waals surface area (Å²) in [6.45, 7) is 1.78. The standard InChI is InChI=1S/C33H32ClN5O5/c1-18-21-13-14-26(23(21)12-11-22(18)33(43)44)38-32(42)28-16-27(31(41)36-20-8-3-2-4-9-20)37-30-24(17-35-39(28)30)29(40)15-19-7-5-6-10-25(19)34/h5-7,10-12,16-17,20,26H,2-4,8-9,13-15H2,1H3,(H,36,41)(H,38,42)(H,43,44)/t26-/m0/s1. The Morgan fingerprint density at radius 1 is 0.977 bits per heavy atom. The number of aromatic nitrogens is 3. The molecule has 4 aromatic rings. The highest BCUT2D eigenvalue weighted by atomic mass is 35.5. The van der Waals surface area contributed by atoms with Gasteiger partial charge >= 0.3 is 5.97 Å². The second-order valence-electron chi connectivity index (χ2n) is 11.5. The van der Waals surface area contributed by atoms with E-state index < -0.39 is 17.8 Å². The molecular formula is C33H32ClN5O5. The Hall–Kier alpha value is -4.57. The van der Waals surface area contributed by atoms with E-state index in [-0.39, 0.29) is 52.4 Å². The molecule has 0 spiro atoms. The van der Waals surface area contributed by atoms with Crippen molar-refractivity contribution in [2.75, 3.05) is 0 Å². The topological polar surface area (TPSA) is 143 Å². The second-order valence-corrected chi connectivity index (χ2v) is 11.9. The smallest absolute Gasteiger partial charge is 0.335 e. The monoisotopic (exact) mass is 613 g/mol. The van der Waals surface area contributed by atoms with E-state index in [0.717, 1.165) is 43.2 Å². The molecule has 0 unspecified atom stereocenters. The van der Waals surface area contributed by atoms with Gasteiger partial charge in [0, 0.05) is 23.6 Å². The molecule has 44 heavy (non-hydrogen) atoms. The summed E-state index contributed by atoms with van der Waals surface area (Å²) in [4.78, 5) is 56.9. The number of carboxylic acid groups (broad SMARTS) is 1. The number of halogens is 1. The third-order valence-corrected chi connectivity index (χ3v) is 9.08. The third kappa shape index (κ3) is 5.69. The summed E-state index contributed by atoms with van der Waals surface area (Å²) in [6, 6.07) is 11.4. The van der Waals surface area contributed by atoms with Crippen LogP contribution in [0.3, 0.4) is 0 Å². The van der Waals surface area contributed by atoms with Crippen molar-refractivity contribution in [3.8, 4) is 0 Å². The molecule has 0 saturated heterocycles. The minimum atomic E-state index is -0.991. The molecule has 3 N–H and O–H groups in total. The van der Waals surface area contributed by atoms with Gasteiger partial charge in [-0.25, -0.2) is 14.3 Å². The van der Waals surface area contributed by atoms with Gasteiger partial charge in [0.2, 0.25) is 0 Å². The molecule has 10 nitrogen and oxygen atoms in total. The molecule has 2 aromatic carbocycles. The molecule has 1 saturated carbocycles. The quantitative estimate of drug-likeness (QED) is 0.229. The van der Waals surface area contributed by atoms with Crippen LogP contribution in [0.25, 0.3) is 5.65 Å². The second kappa shape index (κ2) is 12.2. The largest absolute Gasteiger partial charge is 0.478 e. The van der Waals surface area contributed by atoms with Crippen LogP contribution in [0, 0.1) is 6.92 Å². The van der Waals surface area contributed by atoms with Crippen LogP contribution in [0.1, 0.15) is 109 Å². The number of fused-ring (bicyclic) bond motifs is 2. The molecule has 1 atom stereocenters. The van der Waals surface area contributed by atoms with E-state index in [1.54, 1.807) is 43.3 Å². The first-order valence-corrected chi connectivity index (χ1v) is 15.2. The summed E-state index contributed by atoms with van der Waals surface area (Å²) in [7, 11) is 0. The maximum Gasteiger partial charge on any atom is 0.335 e. The zero-order valence-electron chi connectivity index (χ0n) is 24.2. The summed E-state index contributed by atoms with van der Waals surface area (Å²) in [5.74, 6) is -2.20. The molecular weight excluding hydrogens is 582 g/mol. The predicted octanol–water partition coefficient (Wildman–Crippen LogP) is 5.29. The number of Topliss-reactive ketones (excluding diaryl/α,β-unsaturated/α-hetero) is 1. The first kappa shape index (κ1) is 29.5. The van der Waals surface area contributed by atoms with Crippen LogP contribution in [0.4, 0.5) is 0 Å². The minimum Gasteiger partial charge on any atom is -0.478 e. The van der Waals surface area contributed by atoms with E-state index in [4.69, 9.17) is 11.6 Å². The number of nitrogens with zero attached hydrogens (tertiary/aromatic N) is 3. The number of nitrogens with one attached hydrogen (secondary N) is 2. The fraction of sp³-hybridized carbons (Fsp3) is 0.333. The zero-order chi connectivity index (χ0) is 31.0. The highest BCUT2D eigenvalue weighted by Crippen LogP contribution is 2.35. The summed E-state index contributed by atoms with van der Waals surface area (Å²) in [5.41, 5.74) is 3.71. The molecule has 6 rings (SSSR count). The summed E-state index contributed by atoms with van der Waals surface area (Å²) in [5, 5.41) is 20.4. The van der Waals surface area contributed by atoms with Crippen molar-refractivity contribution in [3.63, 3.8) is 0 Å². The molecule has 0 radical (unpaired) electrons. The van der Waals surface area contributed by atoms with E-state index >= 15 is 0 Å². The van der Waals surface area contributed by atoms with Gasteiger partial charge in [-0.05, 0) is 67.0 Å². The summed E-state index contributed by atoms with van der Waals surface area (Å²) < 4.78 is 1.29.